The first kappa shape index (κ1) is 21.6. The topological polar surface area (TPSA) is 99.3 Å². The Morgan fingerprint density at radius 2 is 1.61 bits per heavy atom. The summed E-state index contributed by atoms with van der Waals surface area (Å²) in [5, 5.41) is 5.73. The highest BCUT2D eigenvalue weighted by Crippen LogP contribution is 2.20. The Morgan fingerprint density at radius 1 is 0.893 bits per heavy atom. The Kier molecular flexibility index (Phi) is 8.19. The van der Waals surface area contributed by atoms with E-state index in [0.29, 0.717) is 21.3 Å². The molecule has 0 heterocycles. The third-order valence-electron chi connectivity index (χ3n) is 3.36. The molecule has 2 rings (SSSR count). The molecular weight excluding hydrogens is 423 g/mol. The van der Waals surface area contributed by atoms with Crippen LogP contribution in [0, 0.1) is 0 Å². The number of amides is 3. The van der Waals surface area contributed by atoms with E-state index in [9.17, 15) is 14.4 Å². The second-order valence-electron chi connectivity index (χ2n) is 5.49. The maximum atomic E-state index is 12.0. The van der Waals surface area contributed by atoms with Gasteiger partial charge in [0.1, 0.15) is 0 Å². The Hall–Kier alpha value is -2.68. The smallest absolute Gasteiger partial charge is 0.257 e. The van der Waals surface area contributed by atoms with E-state index < -0.39 is 11.8 Å². The molecule has 0 aliphatic carbocycles. The van der Waals surface area contributed by atoms with Gasteiger partial charge in [-0.3, -0.25) is 30.6 Å². The number of para-hydroxylation sites is 1. The van der Waals surface area contributed by atoms with Crippen molar-refractivity contribution in [2.45, 2.75) is 12.8 Å². The predicted molar refractivity (Wildman–Crippen MR) is 112 cm³/mol. The Morgan fingerprint density at radius 3 is 2.32 bits per heavy atom. The lowest BCUT2D eigenvalue weighted by Crippen LogP contribution is -2.48. The number of carbonyl (C=O) groups excluding carboxylic acids is 3. The van der Waals surface area contributed by atoms with Gasteiger partial charge in [-0.1, -0.05) is 41.4 Å². The largest absolute Gasteiger partial charge is 0.325 e. The molecule has 0 saturated heterocycles. The van der Waals surface area contributed by atoms with Crippen molar-refractivity contribution in [3.63, 3.8) is 0 Å². The first-order chi connectivity index (χ1) is 13.3. The number of anilines is 1. The summed E-state index contributed by atoms with van der Waals surface area (Å²) in [6, 6.07) is 13.1. The second-order valence-corrected chi connectivity index (χ2v) is 6.75. The summed E-state index contributed by atoms with van der Waals surface area (Å²) in [5.74, 6) is -1.32. The first-order valence-electron chi connectivity index (χ1n) is 8.05. The van der Waals surface area contributed by atoms with Crippen molar-refractivity contribution in [3.8, 4) is 0 Å². The van der Waals surface area contributed by atoms with Crippen molar-refractivity contribution < 1.29 is 14.4 Å². The van der Waals surface area contributed by atoms with Gasteiger partial charge in [-0.15, -0.1) is 0 Å². The van der Waals surface area contributed by atoms with Crippen LogP contribution in [0.4, 0.5) is 5.69 Å². The molecule has 0 radical (unpaired) electrons. The second kappa shape index (κ2) is 10.6. The molecule has 4 N–H and O–H groups in total. The predicted octanol–water partition coefficient (Wildman–Crippen LogP) is 3.05. The number of hydrogen-bond acceptors (Lipinski definition) is 4. The van der Waals surface area contributed by atoms with E-state index in [1.165, 1.54) is 6.07 Å². The summed E-state index contributed by atoms with van der Waals surface area (Å²) in [6.07, 6.45) is -0.144. The monoisotopic (exact) mass is 438 g/mol. The third-order valence-corrected chi connectivity index (χ3v) is 4.13. The van der Waals surface area contributed by atoms with Gasteiger partial charge < -0.3 is 5.32 Å². The average molecular weight is 439 g/mol. The highest BCUT2D eigenvalue weighted by molar-refractivity contribution is 7.80. The standard InChI is InChI=1S/C18H16Cl2N4O3S/c19-12-5-3-4-11(10-12)17(27)22-18(28)24-23-16(26)9-8-15(25)21-14-7-2-1-6-13(14)20/h1-7,10H,8-9H2,(H,21,25)(H,23,26)(H2,22,24,27,28). The van der Waals surface area contributed by atoms with Gasteiger partial charge in [0, 0.05) is 23.4 Å². The lowest BCUT2D eigenvalue weighted by Gasteiger charge is -2.11. The molecule has 0 unspecified atom stereocenters. The summed E-state index contributed by atoms with van der Waals surface area (Å²) >= 11 is 16.7. The quantitative estimate of drug-likeness (QED) is 0.424. The molecule has 2 aromatic carbocycles. The van der Waals surface area contributed by atoms with Crippen molar-refractivity contribution in [3.05, 3.63) is 64.1 Å². The van der Waals surface area contributed by atoms with Gasteiger partial charge in [-0.2, -0.15) is 0 Å². The van der Waals surface area contributed by atoms with Crippen LogP contribution in [0.3, 0.4) is 0 Å². The Labute approximate surface area is 176 Å². The summed E-state index contributed by atoms with van der Waals surface area (Å²) in [4.78, 5) is 35.7. The van der Waals surface area contributed by atoms with Crippen LogP contribution in [0.1, 0.15) is 23.2 Å². The van der Waals surface area contributed by atoms with Gasteiger partial charge in [0.2, 0.25) is 11.8 Å². The van der Waals surface area contributed by atoms with E-state index in [-0.39, 0.29) is 23.9 Å². The van der Waals surface area contributed by atoms with Crippen LogP contribution in [0.25, 0.3) is 0 Å². The number of halogens is 2. The minimum Gasteiger partial charge on any atom is -0.325 e. The highest BCUT2D eigenvalue weighted by atomic mass is 35.5. The van der Waals surface area contributed by atoms with Gasteiger partial charge in [-0.25, -0.2) is 0 Å². The van der Waals surface area contributed by atoms with Crippen molar-refractivity contribution in [2.75, 3.05) is 5.32 Å². The molecule has 7 nitrogen and oxygen atoms in total. The van der Waals surface area contributed by atoms with Crippen LogP contribution < -0.4 is 21.5 Å². The zero-order valence-corrected chi connectivity index (χ0v) is 16.8. The van der Waals surface area contributed by atoms with Gasteiger partial charge in [0.15, 0.2) is 5.11 Å². The molecule has 0 fully saturated rings. The Bertz CT molecular complexity index is 908. The lowest BCUT2D eigenvalue weighted by molar-refractivity contribution is -0.124. The summed E-state index contributed by atoms with van der Waals surface area (Å²) < 4.78 is 0. The van der Waals surface area contributed by atoms with Crippen LogP contribution in [-0.2, 0) is 9.59 Å². The molecule has 0 aromatic heterocycles. The molecule has 0 spiro atoms. The molecule has 2 aromatic rings. The first-order valence-corrected chi connectivity index (χ1v) is 9.21. The molecule has 3 amide bonds. The van der Waals surface area contributed by atoms with Gasteiger partial charge in [-0.05, 0) is 42.5 Å². The van der Waals surface area contributed by atoms with E-state index in [1.54, 1.807) is 42.5 Å². The summed E-state index contributed by atoms with van der Waals surface area (Å²) in [7, 11) is 0. The maximum absolute atomic E-state index is 12.0. The van der Waals surface area contributed by atoms with Gasteiger partial charge in [0.25, 0.3) is 5.91 Å². The van der Waals surface area contributed by atoms with Crippen LogP contribution in [0.5, 0.6) is 0 Å². The van der Waals surface area contributed by atoms with Crippen molar-refractivity contribution >= 4 is 63.9 Å². The molecular formula is C18H16Cl2N4O3S. The van der Waals surface area contributed by atoms with E-state index in [4.69, 9.17) is 35.4 Å². The molecule has 0 bridgehead atoms. The zero-order chi connectivity index (χ0) is 20.5. The van der Waals surface area contributed by atoms with Gasteiger partial charge in [0.05, 0.1) is 10.7 Å². The number of rotatable bonds is 5. The fourth-order valence-corrected chi connectivity index (χ4v) is 2.54. The van der Waals surface area contributed by atoms with E-state index in [0.717, 1.165) is 0 Å². The SMILES string of the molecule is O=C(CCC(=O)Nc1ccccc1Cl)NNC(=S)NC(=O)c1cccc(Cl)c1. The normalized spacial score (nSPS) is 9.93. The van der Waals surface area contributed by atoms with Crippen molar-refractivity contribution in [1.82, 2.24) is 16.2 Å². The van der Waals surface area contributed by atoms with Crippen LogP contribution in [-0.4, -0.2) is 22.8 Å². The molecule has 0 saturated carbocycles. The average Bonchev–Trinajstić information content (AvgIpc) is 2.66. The number of carbonyl (C=O) groups is 3. The number of nitrogens with one attached hydrogen (secondary N) is 4. The van der Waals surface area contributed by atoms with Gasteiger partial charge >= 0.3 is 0 Å². The molecule has 28 heavy (non-hydrogen) atoms. The van der Waals surface area contributed by atoms with Crippen LogP contribution in [0.15, 0.2) is 48.5 Å². The fourth-order valence-electron chi connectivity index (χ4n) is 2.03. The Balaban J connectivity index is 1.70. The summed E-state index contributed by atoms with van der Waals surface area (Å²) in [5.41, 5.74) is 5.49. The van der Waals surface area contributed by atoms with Crippen molar-refractivity contribution in [2.24, 2.45) is 0 Å². The lowest BCUT2D eigenvalue weighted by atomic mass is 10.2. The summed E-state index contributed by atoms with van der Waals surface area (Å²) in [6.45, 7) is 0. The molecule has 0 atom stereocenters. The third kappa shape index (κ3) is 7.15. The fraction of sp³-hybridized carbons (Fsp3) is 0.111. The molecule has 146 valence electrons. The molecule has 0 aliphatic heterocycles. The van der Waals surface area contributed by atoms with Crippen LogP contribution in [0.2, 0.25) is 10.0 Å². The minimum absolute atomic E-state index is 0.0552. The zero-order valence-electron chi connectivity index (χ0n) is 14.4. The minimum atomic E-state index is -0.478. The highest BCUT2D eigenvalue weighted by Gasteiger charge is 2.11. The number of hydrogen-bond donors (Lipinski definition) is 4. The molecule has 0 aliphatic rings. The van der Waals surface area contributed by atoms with E-state index >= 15 is 0 Å². The van der Waals surface area contributed by atoms with E-state index in [1.807, 2.05) is 0 Å². The number of hydrazine groups is 1. The number of benzene rings is 2. The van der Waals surface area contributed by atoms with E-state index in [2.05, 4.69) is 21.5 Å². The van der Waals surface area contributed by atoms with Crippen LogP contribution >= 0.6 is 35.4 Å². The molecule has 10 heteroatoms. The number of thiocarbonyl (C=S) groups is 1. The maximum Gasteiger partial charge on any atom is 0.257 e. The van der Waals surface area contributed by atoms with Crippen molar-refractivity contribution in [1.29, 1.82) is 0 Å².